The molecular weight excluding hydrogens is 387 g/mol. The first-order chi connectivity index (χ1) is 13.1. The third-order valence-electron chi connectivity index (χ3n) is 5.80. The van der Waals surface area contributed by atoms with Crippen LogP contribution in [0.1, 0.15) is 51.3 Å². The second-order valence-corrected chi connectivity index (χ2v) is 8.48. The van der Waals surface area contributed by atoms with E-state index >= 15 is 0 Å². The lowest BCUT2D eigenvalue weighted by molar-refractivity contribution is -0.137. The molecule has 3 nitrogen and oxygen atoms in total. The van der Waals surface area contributed by atoms with Crippen LogP contribution < -0.4 is 5.46 Å². The molecule has 1 N–H and O–H groups in total. The lowest BCUT2D eigenvalue weighted by Gasteiger charge is -2.32. The Hall–Kier alpha value is -1.90. The normalized spacial score (nSPS) is 20.6. The molecule has 1 aliphatic heterocycles. The van der Waals surface area contributed by atoms with Gasteiger partial charge in [-0.15, -0.1) is 0 Å². The molecule has 1 heterocycles. The lowest BCUT2D eigenvalue weighted by Crippen LogP contribution is -2.41. The molecule has 0 amide bonds. The summed E-state index contributed by atoms with van der Waals surface area (Å²) in [4.78, 5) is 0. The fourth-order valence-electron chi connectivity index (χ4n) is 3.21. The summed E-state index contributed by atoms with van der Waals surface area (Å²) in [6, 6.07) is 8.30. The van der Waals surface area contributed by atoms with E-state index in [4.69, 9.17) is 9.31 Å². The molecule has 156 valence electrons. The molecule has 0 aromatic heterocycles. The zero-order chi connectivity index (χ0) is 21.8. The fraction of sp³-hybridized carbons (Fsp3) is 0.429. The summed E-state index contributed by atoms with van der Waals surface area (Å²) in [6.07, 6.45) is -4.56. The maximum atomic E-state index is 14.9. The van der Waals surface area contributed by atoms with Gasteiger partial charge in [0.1, 0.15) is 11.4 Å². The van der Waals surface area contributed by atoms with Gasteiger partial charge in [-0.1, -0.05) is 24.3 Å². The predicted molar refractivity (Wildman–Crippen MR) is 102 cm³/mol. The van der Waals surface area contributed by atoms with Crippen molar-refractivity contribution in [2.24, 2.45) is 0 Å². The number of alkyl halides is 3. The van der Waals surface area contributed by atoms with E-state index in [1.54, 1.807) is 6.07 Å². The summed E-state index contributed by atoms with van der Waals surface area (Å²) < 4.78 is 65.7. The second kappa shape index (κ2) is 6.82. The zero-order valence-corrected chi connectivity index (χ0v) is 16.9. The highest BCUT2D eigenvalue weighted by atomic mass is 19.4. The van der Waals surface area contributed by atoms with Crippen LogP contribution in [-0.4, -0.2) is 23.4 Å². The quantitative estimate of drug-likeness (QED) is 0.603. The van der Waals surface area contributed by atoms with Gasteiger partial charge in [-0.3, -0.25) is 0 Å². The van der Waals surface area contributed by atoms with Crippen LogP contribution in [0.25, 0.3) is 0 Å². The van der Waals surface area contributed by atoms with Crippen LogP contribution in [0.3, 0.4) is 0 Å². The van der Waals surface area contributed by atoms with E-state index in [2.05, 4.69) is 0 Å². The van der Waals surface area contributed by atoms with Crippen LogP contribution in [0.5, 0.6) is 0 Å². The van der Waals surface area contributed by atoms with Crippen molar-refractivity contribution < 1.29 is 32.0 Å². The first-order valence-electron chi connectivity index (χ1n) is 9.21. The molecule has 3 rings (SSSR count). The van der Waals surface area contributed by atoms with Gasteiger partial charge in [0.05, 0.1) is 16.8 Å². The van der Waals surface area contributed by atoms with Crippen molar-refractivity contribution in [2.75, 3.05) is 0 Å². The number of hydrogen-bond donors (Lipinski definition) is 1. The van der Waals surface area contributed by atoms with Crippen molar-refractivity contribution in [2.45, 2.75) is 57.6 Å². The Kier molecular flexibility index (Phi) is 5.13. The van der Waals surface area contributed by atoms with Gasteiger partial charge < -0.3 is 14.4 Å². The van der Waals surface area contributed by atoms with Gasteiger partial charge in [0.25, 0.3) is 0 Å². The number of aliphatic hydroxyl groups is 1. The molecule has 1 aliphatic rings. The summed E-state index contributed by atoms with van der Waals surface area (Å²) in [5.74, 6) is -0.764. The Balaban J connectivity index is 1.95. The molecule has 8 heteroatoms. The first-order valence-corrected chi connectivity index (χ1v) is 9.21. The highest BCUT2D eigenvalue weighted by molar-refractivity contribution is 6.62. The van der Waals surface area contributed by atoms with Crippen LogP contribution in [0.2, 0.25) is 0 Å². The van der Waals surface area contributed by atoms with Crippen LogP contribution in [0.15, 0.2) is 42.5 Å². The van der Waals surface area contributed by atoms with Gasteiger partial charge in [-0.05, 0) is 63.8 Å². The number of rotatable bonds is 3. The third kappa shape index (κ3) is 3.93. The van der Waals surface area contributed by atoms with Crippen LogP contribution >= 0.6 is 0 Å². The van der Waals surface area contributed by atoms with Gasteiger partial charge in [0.2, 0.25) is 0 Å². The van der Waals surface area contributed by atoms with Crippen LogP contribution in [-0.2, 0) is 21.1 Å². The molecule has 1 fully saturated rings. The first kappa shape index (κ1) is 21.8. The maximum absolute atomic E-state index is 14.9. The third-order valence-corrected chi connectivity index (χ3v) is 5.80. The molecule has 29 heavy (non-hydrogen) atoms. The SMILES string of the molecule is CC(O)(c1cccc(C(F)(F)F)c1)c1ccc(B2OC(C)(C)C(C)(C)O2)cc1F. The summed E-state index contributed by atoms with van der Waals surface area (Å²) in [5, 5.41) is 10.9. The predicted octanol–water partition coefficient (Wildman–Crippen LogP) is 4.40. The molecule has 0 bridgehead atoms. The molecule has 0 saturated carbocycles. The van der Waals surface area contributed by atoms with E-state index in [1.807, 2.05) is 27.7 Å². The van der Waals surface area contributed by atoms with E-state index in [-0.39, 0.29) is 11.1 Å². The maximum Gasteiger partial charge on any atom is 0.494 e. The van der Waals surface area contributed by atoms with E-state index in [9.17, 15) is 22.7 Å². The minimum atomic E-state index is -4.56. The second-order valence-electron chi connectivity index (χ2n) is 8.48. The minimum Gasteiger partial charge on any atom is -0.399 e. The molecule has 2 aromatic rings. The summed E-state index contributed by atoms with van der Waals surface area (Å²) in [7, 11) is -0.790. The fourth-order valence-corrected chi connectivity index (χ4v) is 3.21. The molecule has 1 saturated heterocycles. The van der Waals surface area contributed by atoms with Gasteiger partial charge in [-0.25, -0.2) is 4.39 Å². The molecule has 2 aromatic carbocycles. The summed E-state index contributed by atoms with van der Waals surface area (Å²) in [5.41, 5.74) is -3.85. The van der Waals surface area contributed by atoms with Crippen molar-refractivity contribution in [1.29, 1.82) is 0 Å². The van der Waals surface area contributed by atoms with Crippen molar-refractivity contribution in [3.63, 3.8) is 0 Å². The number of halogens is 4. The summed E-state index contributed by atoms with van der Waals surface area (Å²) in [6.45, 7) is 8.74. The highest BCUT2D eigenvalue weighted by Gasteiger charge is 2.52. The Morgan fingerprint density at radius 1 is 0.897 bits per heavy atom. The van der Waals surface area contributed by atoms with Crippen LogP contribution in [0.4, 0.5) is 17.6 Å². The van der Waals surface area contributed by atoms with E-state index in [0.717, 1.165) is 12.1 Å². The zero-order valence-electron chi connectivity index (χ0n) is 16.9. The smallest absolute Gasteiger partial charge is 0.399 e. The highest BCUT2D eigenvalue weighted by Crippen LogP contribution is 2.38. The molecule has 1 atom stereocenters. The Bertz CT molecular complexity index is 906. The van der Waals surface area contributed by atoms with Gasteiger partial charge in [0, 0.05) is 5.56 Å². The molecule has 0 aliphatic carbocycles. The largest absolute Gasteiger partial charge is 0.494 e. The van der Waals surface area contributed by atoms with Crippen molar-refractivity contribution in [3.8, 4) is 0 Å². The number of benzene rings is 2. The number of hydrogen-bond acceptors (Lipinski definition) is 3. The molecule has 0 spiro atoms. The topological polar surface area (TPSA) is 38.7 Å². The molecule has 0 radical (unpaired) electrons. The Labute approximate surface area is 167 Å². The van der Waals surface area contributed by atoms with E-state index < -0.39 is 41.5 Å². The lowest BCUT2D eigenvalue weighted by atomic mass is 9.77. The van der Waals surface area contributed by atoms with E-state index in [0.29, 0.717) is 5.46 Å². The minimum absolute atomic E-state index is 0.0605. The average Bonchev–Trinajstić information content (AvgIpc) is 2.81. The van der Waals surface area contributed by atoms with Crippen LogP contribution in [0, 0.1) is 5.82 Å². The van der Waals surface area contributed by atoms with Crippen molar-refractivity contribution in [3.05, 3.63) is 65.0 Å². The van der Waals surface area contributed by atoms with Crippen molar-refractivity contribution in [1.82, 2.24) is 0 Å². The van der Waals surface area contributed by atoms with E-state index in [1.165, 1.54) is 31.2 Å². The van der Waals surface area contributed by atoms with Crippen molar-refractivity contribution >= 4 is 12.6 Å². The summed E-state index contributed by atoms with van der Waals surface area (Å²) >= 11 is 0. The Morgan fingerprint density at radius 2 is 1.45 bits per heavy atom. The molecule has 1 unspecified atom stereocenters. The standard InChI is InChI=1S/C21H23BF4O3/c1-18(2)19(3,4)29-22(28-18)15-9-10-16(17(23)12-15)20(5,27)13-7-6-8-14(11-13)21(24,25)26/h6-12,27H,1-5H3. The molecular formula is C21H23BF4O3. The monoisotopic (exact) mass is 410 g/mol. The van der Waals surface area contributed by atoms with Gasteiger partial charge in [0.15, 0.2) is 0 Å². The van der Waals surface area contributed by atoms with Gasteiger partial charge >= 0.3 is 13.3 Å². The average molecular weight is 410 g/mol. The Morgan fingerprint density at radius 3 is 1.97 bits per heavy atom. The van der Waals surface area contributed by atoms with Gasteiger partial charge in [-0.2, -0.15) is 13.2 Å².